The lowest BCUT2D eigenvalue weighted by atomic mass is 9.93. The zero-order chi connectivity index (χ0) is 16.9. The molecule has 0 heterocycles. The van der Waals surface area contributed by atoms with Crippen LogP contribution < -0.4 is 4.74 Å². The van der Waals surface area contributed by atoms with Crippen LogP contribution in [0.2, 0.25) is 0 Å². The first-order valence-electron chi connectivity index (χ1n) is 8.23. The van der Waals surface area contributed by atoms with Crippen molar-refractivity contribution in [1.29, 1.82) is 0 Å². The van der Waals surface area contributed by atoms with Gasteiger partial charge in [-0.3, -0.25) is 4.79 Å². The minimum absolute atomic E-state index is 0.0641. The number of ether oxygens (including phenoxy) is 1. The first kappa shape index (κ1) is 15.2. The van der Waals surface area contributed by atoms with Crippen LogP contribution in [0.4, 0.5) is 0 Å². The van der Waals surface area contributed by atoms with E-state index < -0.39 is 5.97 Å². The van der Waals surface area contributed by atoms with Crippen LogP contribution in [0.15, 0.2) is 36.4 Å². The fourth-order valence-electron chi connectivity index (χ4n) is 4.24. The van der Waals surface area contributed by atoms with Crippen LogP contribution >= 0.6 is 0 Å². The van der Waals surface area contributed by atoms with E-state index in [1.54, 1.807) is 7.11 Å². The summed E-state index contributed by atoms with van der Waals surface area (Å²) in [6.45, 7) is -0.0641. The summed E-state index contributed by atoms with van der Waals surface area (Å²) in [7, 11) is 1.59. The van der Waals surface area contributed by atoms with Crippen LogP contribution in [0.5, 0.6) is 5.75 Å². The van der Waals surface area contributed by atoms with Gasteiger partial charge in [0.2, 0.25) is 0 Å². The van der Waals surface area contributed by atoms with Crippen LogP contribution in [-0.2, 0) is 23.2 Å². The minimum atomic E-state index is -0.672. The molecule has 0 aliphatic heterocycles. The standard InChI is InChI=1S/C20H20O4/c1-24-18-5-3-13(9-15(18)11-21)12-2-4-16-14(8-12)6-7-20(16)10-17(20)19(22)23/h2-5,8-9,17,21H,6-7,10-11H2,1H3,(H,22,23). The highest BCUT2D eigenvalue weighted by molar-refractivity contribution is 5.79. The molecule has 4 rings (SSSR count). The summed E-state index contributed by atoms with van der Waals surface area (Å²) in [6, 6.07) is 12.1. The van der Waals surface area contributed by atoms with Crippen molar-refractivity contribution in [2.45, 2.75) is 31.3 Å². The smallest absolute Gasteiger partial charge is 0.307 e. The van der Waals surface area contributed by atoms with Gasteiger partial charge in [-0.2, -0.15) is 0 Å². The molecule has 124 valence electrons. The van der Waals surface area contributed by atoms with Gasteiger partial charge in [-0.25, -0.2) is 0 Å². The van der Waals surface area contributed by atoms with E-state index in [1.165, 1.54) is 11.1 Å². The highest BCUT2D eigenvalue weighted by atomic mass is 16.5. The number of methoxy groups -OCH3 is 1. The Morgan fingerprint density at radius 2 is 2.00 bits per heavy atom. The van der Waals surface area contributed by atoms with Gasteiger partial charge in [0.25, 0.3) is 0 Å². The Bertz CT molecular complexity index is 826. The fourth-order valence-corrected chi connectivity index (χ4v) is 4.24. The zero-order valence-electron chi connectivity index (χ0n) is 13.6. The second-order valence-corrected chi connectivity index (χ2v) is 6.81. The lowest BCUT2D eigenvalue weighted by Gasteiger charge is -2.12. The molecule has 24 heavy (non-hydrogen) atoms. The SMILES string of the molecule is COc1ccc(-c2ccc3c(c2)CCC32CC2C(=O)O)cc1CO. The first-order valence-corrected chi connectivity index (χ1v) is 8.23. The summed E-state index contributed by atoms with van der Waals surface area (Å²) in [4.78, 5) is 11.3. The Morgan fingerprint density at radius 3 is 2.67 bits per heavy atom. The summed E-state index contributed by atoms with van der Waals surface area (Å²) in [5, 5.41) is 18.8. The van der Waals surface area contributed by atoms with Crippen molar-refractivity contribution in [3.63, 3.8) is 0 Å². The third kappa shape index (κ3) is 2.13. The Morgan fingerprint density at radius 1 is 1.25 bits per heavy atom. The van der Waals surface area contributed by atoms with Crippen molar-refractivity contribution in [1.82, 2.24) is 0 Å². The molecule has 0 saturated heterocycles. The van der Waals surface area contributed by atoms with E-state index in [9.17, 15) is 15.0 Å². The van der Waals surface area contributed by atoms with E-state index in [0.717, 1.165) is 36.0 Å². The predicted molar refractivity (Wildman–Crippen MR) is 90.1 cm³/mol. The summed E-state index contributed by atoms with van der Waals surface area (Å²) < 4.78 is 5.26. The van der Waals surface area contributed by atoms with Crippen molar-refractivity contribution in [3.05, 3.63) is 53.1 Å². The lowest BCUT2D eigenvalue weighted by molar-refractivity contribution is -0.139. The van der Waals surface area contributed by atoms with Crippen LogP contribution in [0, 0.1) is 5.92 Å². The molecule has 2 aromatic carbocycles. The van der Waals surface area contributed by atoms with Gasteiger partial charge in [0.05, 0.1) is 19.6 Å². The van der Waals surface area contributed by atoms with E-state index in [0.29, 0.717) is 5.75 Å². The monoisotopic (exact) mass is 324 g/mol. The average molecular weight is 324 g/mol. The number of carboxylic acids is 1. The Hall–Kier alpha value is -2.33. The summed E-state index contributed by atoms with van der Waals surface area (Å²) >= 11 is 0. The normalized spacial score (nSPS) is 24.0. The summed E-state index contributed by atoms with van der Waals surface area (Å²) in [5.74, 6) is -0.204. The zero-order valence-corrected chi connectivity index (χ0v) is 13.6. The van der Waals surface area contributed by atoms with E-state index in [4.69, 9.17) is 4.74 Å². The number of hydrogen-bond donors (Lipinski definition) is 2. The predicted octanol–water partition coefficient (Wildman–Crippen LogP) is 3.14. The molecule has 2 aliphatic carbocycles. The number of benzene rings is 2. The number of aliphatic carboxylic acids is 1. The van der Waals surface area contributed by atoms with Gasteiger partial charge in [0.15, 0.2) is 0 Å². The highest BCUT2D eigenvalue weighted by Crippen LogP contribution is 2.61. The second kappa shape index (κ2) is 5.35. The van der Waals surface area contributed by atoms with Gasteiger partial charge in [-0.05, 0) is 53.6 Å². The van der Waals surface area contributed by atoms with E-state index in [1.807, 2.05) is 18.2 Å². The third-order valence-corrected chi connectivity index (χ3v) is 5.64. The van der Waals surface area contributed by atoms with Crippen molar-refractivity contribution in [3.8, 4) is 16.9 Å². The molecule has 1 spiro atoms. The number of fused-ring (bicyclic) bond motifs is 2. The number of aliphatic hydroxyl groups excluding tert-OH is 1. The molecule has 4 nitrogen and oxygen atoms in total. The van der Waals surface area contributed by atoms with Crippen LogP contribution in [0.3, 0.4) is 0 Å². The molecule has 1 saturated carbocycles. The van der Waals surface area contributed by atoms with Gasteiger partial charge in [-0.1, -0.05) is 24.3 Å². The quantitative estimate of drug-likeness (QED) is 0.907. The second-order valence-electron chi connectivity index (χ2n) is 6.81. The maximum atomic E-state index is 11.3. The van der Waals surface area contributed by atoms with Gasteiger partial charge in [0, 0.05) is 11.0 Å². The molecule has 1 fully saturated rings. The number of aliphatic hydroxyl groups is 1. The van der Waals surface area contributed by atoms with E-state index in [-0.39, 0.29) is 17.9 Å². The van der Waals surface area contributed by atoms with Crippen LogP contribution in [0.1, 0.15) is 29.5 Å². The number of aryl methyl sites for hydroxylation is 1. The third-order valence-electron chi connectivity index (χ3n) is 5.64. The lowest BCUT2D eigenvalue weighted by Crippen LogP contribution is -2.11. The number of carboxylic acid groups (broad SMARTS) is 1. The first-order chi connectivity index (χ1) is 11.6. The summed E-state index contributed by atoms with van der Waals surface area (Å²) in [6.07, 6.45) is 2.65. The topological polar surface area (TPSA) is 66.8 Å². The summed E-state index contributed by atoms with van der Waals surface area (Å²) in [5.41, 5.74) is 5.26. The molecule has 2 unspecified atom stereocenters. The fraction of sp³-hybridized carbons (Fsp3) is 0.350. The minimum Gasteiger partial charge on any atom is -0.496 e. The van der Waals surface area contributed by atoms with Gasteiger partial charge >= 0.3 is 5.97 Å². The highest BCUT2D eigenvalue weighted by Gasteiger charge is 2.61. The Kier molecular flexibility index (Phi) is 3.39. The number of carbonyl (C=O) groups is 1. The molecule has 0 amide bonds. The van der Waals surface area contributed by atoms with Gasteiger partial charge in [-0.15, -0.1) is 0 Å². The maximum absolute atomic E-state index is 11.3. The average Bonchev–Trinajstić information content (AvgIpc) is 3.24. The van der Waals surface area contributed by atoms with E-state index in [2.05, 4.69) is 18.2 Å². The molecule has 2 atom stereocenters. The van der Waals surface area contributed by atoms with Crippen LogP contribution in [-0.4, -0.2) is 23.3 Å². The van der Waals surface area contributed by atoms with Gasteiger partial charge in [0.1, 0.15) is 5.75 Å². The number of hydrogen-bond acceptors (Lipinski definition) is 3. The molecule has 2 aliphatic rings. The molecule has 0 aromatic heterocycles. The molecular formula is C20H20O4. The van der Waals surface area contributed by atoms with Crippen molar-refractivity contribution >= 4 is 5.97 Å². The Labute approximate surface area is 140 Å². The molecular weight excluding hydrogens is 304 g/mol. The molecule has 0 radical (unpaired) electrons. The van der Waals surface area contributed by atoms with Crippen molar-refractivity contribution in [2.75, 3.05) is 7.11 Å². The van der Waals surface area contributed by atoms with Crippen molar-refractivity contribution in [2.24, 2.45) is 5.92 Å². The van der Waals surface area contributed by atoms with E-state index >= 15 is 0 Å². The maximum Gasteiger partial charge on any atom is 0.307 e. The molecule has 0 bridgehead atoms. The number of rotatable bonds is 4. The Balaban J connectivity index is 1.70. The molecule has 2 N–H and O–H groups in total. The van der Waals surface area contributed by atoms with Crippen molar-refractivity contribution < 1.29 is 19.7 Å². The largest absolute Gasteiger partial charge is 0.496 e. The van der Waals surface area contributed by atoms with Gasteiger partial charge < -0.3 is 14.9 Å². The molecule has 2 aromatic rings. The molecule has 4 heteroatoms. The van der Waals surface area contributed by atoms with Crippen LogP contribution in [0.25, 0.3) is 11.1 Å².